The number of anilines is 1. The minimum Gasteiger partial charge on any atom is -0.353 e. The lowest BCUT2D eigenvalue weighted by atomic mass is 10.2. The third-order valence-electron chi connectivity index (χ3n) is 2.59. The molecule has 1 N–H and O–H groups in total. The summed E-state index contributed by atoms with van der Waals surface area (Å²) in [5.74, 6) is -0.889. The van der Waals surface area contributed by atoms with Crippen molar-refractivity contribution >= 4 is 5.95 Å². The second kappa shape index (κ2) is 5.15. The number of aromatic nitrogens is 2. The van der Waals surface area contributed by atoms with Crippen LogP contribution in [0.25, 0.3) is 5.69 Å². The molecule has 0 bridgehead atoms. The van der Waals surface area contributed by atoms with Gasteiger partial charge in [-0.1, -0.05) is 0 Å². The lowest BCUT2D eigenvalue weighted by Gasteiger charge is -2.14. The van der Waals surface area contributed by atoms with Crippen LogP contribution in [0.15, 0.2) is 30.6 Å². The van der Waals surface area contributed by atoms with Gasteiger partial charge in [-0.2, -0.15) is 13.2 Å². The van der Waals surface area contributed by atoms with E-state index in [1.165, 1.54) is 23.0 Å². The van der Waals surface area contributed by atoms with Crippen LogP contribution in [0.1, 0.15) is 19.4 Å². The average molecular weight is 287 g/mol. The van der Waals surface area contributed by atoms with Gasteiger partial charge in [-0.25, -0.2) is 9.37 Å². The van der Waals surface area contributed by atoms with Gasteiger partial charge in [0.25, 0.3) is 0 Å². The molecule has 0 fully saturated rings. The van der Waals surface area contributed by atoms with Crippen LogP contribution in [0.4, 0.5) is 23.5 Å². The summed E-state index contributed by atoms with van der Waals surface area (Å²) in [6.07, 6.45) is -1.76. The zero-order valence-electron chi connectivity index (χ0n) is 10.9. The third-order valence-corrected chi connectivity index (χ3v) is 2.59. The van der Waals surface area contributed by atoms with E-state index in [9.17, 15) is 17.6 Å². The molecule has 7 heteroatoms. The zero-order chi connectivity index (χ0) is 14.9. The van der Waals surface area contributed by atoms with E-state index in [4.69, 9.17) is 0 Å². The van der Waals surface area contributed by atoms with Crippen LogP contribution in [0.3, 0.4) is 0 Å². The molecule has 0 atom stereocenters. The Morgan fingerprint density at radius 3 is 2.55 bits per heavy atom. The maximum absolute atomic E-state index is 13.3. The number of nitrogens with zero attached hydrogens (tertiary/aromatic N) is 2. The van der Waals surface area contributed by atoms with Crippen molar-refractivity contribution in [3.63, 3.8) is 0 Å². The van der Waals surface area contributed by atoms with Crippen molar-refractivity contribution in [3.8, 4) is 5.69 Å². The normalized spacial score (nSPS) is 11.9. The molecule has 20 heavy (non-hydrogen) atoms. The van der Waals surface area contributed by atoms with Crippen LogP contribution in [0.5, 0.6) is 0 Å². The SMILES string of the molecule is CC(C)Nc1nccn1-c1ccc(F)c(C(F)(F)F)c1. The first kappa shape index (κ1) is 14.4. The van der Waals surface area contributed by atoms with Gasteiger partial charge in [0.1, 0.15) is 5.82 Å². The summed E-state index contributed by atoms with van der Waals surface area (Å²) < 4.78 is 52.8. The van der Waals surface area contributed by atoms with Gasteiger partial charge >= 0.3 is 6.18 Å². The maximum atomic E-state index is 13.3. The summed E-state index contributed by atoms with van der Waals surface area (Å²) in [5, 5.41) is 3.00. The number of halogens is 4. The molecule has 0 amide bonds. The maximum Gasteiger partial charge on any atom is 0.419 e. The van der Waals surface area contributed by atoms with Crippen LogP contribution in [0.2, 0.25) is 0 Å². The van der Waals surface area contributed by atoms with Gasteiger partial charge in [0.05, 0.1) is 5.56 Å². The average Bonchev–Trinajstić information content (AvgIpc) is 2.75. The number of nitrogens with one attached hydrogen (secondary N) is 1. The van der Waals surface area contributed by atoms with Crippen molar-refractivity contribution in [2.24, 2.45) is 0 Å². The highest BCUT2D eigenvalue weighted by Crippen LogP contribution is 2.33. The van der Waals surface area contributed by atoms with Crippen molar-refractivity contribution in [3.05, 3.63) is 42.0 Å². The quantitative estimate of drug-likeness (QED) is 0.869. The predicted molar refractivity (Wildman–Crippen MR) is 67.3 cm³/mol. The molecule has 108 valence electrons. The van der Waals surface area contributed by atoms with Crippen molar-refractivity contribution < 1.29 is 17.6 Å². The van der Waals surface area contributed by atoms with Crippen LogP contribution in [-0.4, -0.2) is 15.6 Å². The Morgan fingerprint density at radius 1 is 1.25 bits per heavy atom. The van der Waals surface area contributed by atoms with E-state index in [1.54, 1.807) is 0 Å². The second-order valence-electron chi connectivity index (χ2n) is 4.58. The molecule has 3 nitrogen and oxygen atoms in total. The number of benzene rings is 1. The monoisotopic (exact) mass is 287 g/mol. The Morgan fingerprint density at radius 2 is 1.95 bits per heavy atom. The molecule has 0 aliphatic rings. The van der Waals surface area contributed by atoms with Gasteiger partial charge in [-0.3, -0.25) is 4.57 Å². The minimum absolute atomic E-state index is 0.0682. The minimum atomic E-state index is -4.73. The van der Waals surface area contributed by atoms with Crippen LogP contribution >= 0.6 is 0 Å². The Labute approximate surface area is 113 Å². The summed E-state index contributed by atoms with van der Waals surface area (Å²) in [4.78, 5) is 4.02. The standard InChI is InChI=1S/C13H13F4N3/c1-8(2)19-12-18-5-6-20(12)9-3-4-11(14)10(7-9)13(15,16)17/h3-8H,1-2H3,(H,18,19). The topological polar surface area (TPSA) is 29.9 Å². The predicted octanol–water partition coefficient (Wildman–Crippen LogP) is 3.85. The number of imidazole rings is 1. The number of alkyl halides is 3. The molecule has 0 aliphatic carbocycles. The first-order valence-electron chi connectivity index (χ1n) is 5.96. The van der Waals surface area contributed by atoms with Crippen LogP contribution in [-0.2, 0) is 6.18 Å². The van der Waals surface area contributed by atoms with Gasteiger partial charge in [-0.05, 0) is 32.0 Å². The summed E-state index contributed by atoms with van der Waals surface area (Å²) >= 11 is 0. The second-order valence-corrected chi connectivity index (χ2v) is 4.58. The highest BCUT2D eigenvalue weighted by atomic mass is 19.4. The lowest BCUT2D eigenvalue weighted by Crippen LogP contribution is -2.14. The van der Waals surface area contributed by atoms with Crippen molar-refractivity contribution in [1.82, 2.24) is 9.55 Å². The number of hydrogen-bond acceptors (Lipinski definition) is 2. The lowest BCUT2D eigenvalue weighted by molar-refractivity contribution is -0.140. The van der Waals surface area contributed by atoms with Crippen LogP contribution in [0, 0.1) is 5.82 Å². The van der Waals surface area contributed by atoms with E-state index >= 15 is 0 Å². The Balaban J connectivity index is 2.47. The summed E-state index contributed by atoms with van der Waals surface area (Å²) in [7, 11) is 0. The highest BCUT2D eigenvalue weighted by Gasteiger charge is 2.34. The highest BCUT2D eigenvalue weighted by molar-refractivity contribution is 5.45. The van der Waals surface area contributed by atoms with E-state index in [-0.39, 0.29) is 11.7 Å². The molecule has 2 rings (SSSR count). The Hall–Kier alpha value is -2.05. The summed E-state index contributed by atoms with van der Waals surface area (Å²) in [5.41, 5.74) is -1.10. The fourth-order valence-corrected chi connectivity index (χ4v) is 1.76. The molecule has 2 aromatic rings. The molecule has 0 aliphatic heterocycles. The zero-order valence-corrected chi connectivity index (χ0v) is 10.9. The largest absolute Gasteiger partial charge is 0.419 e. The van der Waals surface area contributed by atoms with Crippen molar-refractivity contribution in [2.45, 2.75) is 26.1 Å². The van der Waals surface area contributed by atoms with Crippen molar-refractivity contribution in [1.29, 1.82) is 0 Å². The van der Waals surface area contributed by atoms with Gasteiger partial charge in [0.2, 0.25) is 5.95 Å². The Bertz CT molecular complexity index is 602. The van der Waals surface area contributed by atoms with E-state index in [0.717, 1.165) is 12.1 Å². The first-order valence-corrected chi connectivity index (χ1v) is 5.96. The van der Waals surface area contributed by atoms with Crippen LogP contribution < -0.4 is 5.32 Å². The molecule has 0 spiro atoms. The molecule has 1 aromatic carbocycles. The third kappa shape index (κ3) is 2.92. The molecule has 1 heterocycles. The van der Waals surface area contributed by atoms with Gasteiger partial charge in [-0.15, -0.1) is 0 Å². The van der Waals surface area contributed by atoms with E-state index in [1.807, 2.05) is 13.8 Å². The molecular weight excluding hydrogens is 274 g/mol. The fourth-order valence-electron chi connectivity index (χ4n) is 1.76. The van der Waals surface area contributed by atoms with Gasteiger partial charge in [0.15, 0.2) is 0 Å². The number of hydrogen-bond donors (Lipinski definition) is 1. The van der Waals surface area contributed by atoms with E-state index in [0.29, 0.717) is 5.95 Å². The first-order chi connectivity index (χ1) is 9.29. The molecular formula is C13H13F4N3. The van der Waals surface area contributed by atoms with Gasteiger partial charge in [0, 0.05) is 24.1 Å². The Kier molecular flexibility index (Phi) is 3.69. The van der Waals surface area contributed by atoms with Crippen molar-refractivity contribution in [2.75, 3.05) is 5.32 Å². The number of rotatable bonds is 3. The molecule has 0 unspecified atom stereocenters. The smallest absolute Gasteiger partial charge is 0.353 e. The van der Waals surface area contributed by atoms with E-state index < -0.39 is 17.6 Å². The molecule has 1 aromatic heterocycles. The van der Waals surface area contributed by atoms with Gasteiger partial charge < -0.3 is 5.32 Å². The fraction of sp³-hybridized carbons (Fsp3) is 0.308. The molecule has 0 radical (unpaired) electrons. The summed E-state index contributed by atoms with van der Waals surface area (Å²) in [6, 6.07) is 2.91. The molecule has 0 saturated heterocycles. The van der Waals surface area contributed by atoms with E-state index in [2.05, 4.69) is 10.3 Å². The summed E-state index contributed by atoms with van der Waals surface area (Å²) in [6.45, 7) is 3.76. The molecule has 0 saturated carbocycles.